The Morgan fingerprint density at radius 2 is 1.76 bits per heavy atom. The highest BCUT2D eigenvalue weighted by Gasteiger charge is 2.40. The molecule has 0 amide bonds. The van der Waals surface area contributed by atoms with Crippen LogP contribution in [-0.4, -0.2) is 5.78 Å². The number of hydrogen-bond donors (Lipinski definition) is 0. The fourth-order valence-electron chi connectivity index (χ4n) is 3.42. The highest BCUT2D eigenvalue weighted by atomic mass is 79.9. The molecule has 21 heavy (non-hydrogen) atoms. The molecule has 1 aromatic carbocycles. The van der Waals surface area contributed by atoms with E-state index in [0.717, 1.165) is 34.3 Å². The Bertz CT molecular complexity index is 611. The molecule has 3 heteroatoms. The van der Waals surface area contributed by atoms with Crippen LogP contribution in [0.4, 0.5) is 0 Å². The van der Waals surface area contributed by atoms with Crippen molar-refractivity contribution >= 4 is 33.0 Å². The SMILES string of the molecule is O=C(Cc1ccc(Br)s1)C1(c2ccccc2)CCCCC1. The zero-order valence-corrected chi connectivity index (χ0v) is 14.4. The first-order valence-electron chi connectivity index (χ1n) is 7.54. The largest absolute Gasteiger partial charge is 0.298 e. The number of carbonyl (C=O) groups is 1. The standard InChI is InChI=1S/C18H19BrOS/c19-17-10-9-15(21-17)13-16(20)18(11-5-2-6-12-18)14-7-3-1-4-8-14/h1,3-4,7-10H,2,5-6,11-13H2. The summed E-state index contributed by atoms with van der Waals surface area (Å²) in [4.78, 5) is 14.3. The van der Waals surface area contributed by atoms with Crippen molar-refractivity contribution in [2.75, 3.05) is 0 Å². The van der Waals surface area contributed by atoms with Gasteiger partial charge < -0.3 is 0 Å². The van der Waals surface area contributed by atoms with Crippen LogP contribution < -0.4 is 0 Å². The second-order valence-corrected chi connectivity index (χ2v) is 8.36. The topological polar surface area (TPSA) is 17.1 Å². The summed E-state index contributed by atoms with van der Waals surface area (Å²) in [5.74, 6) is 0.391. The van der Waals surface area contributed by atoms with Crippen molar-refractivity contribution in [2.24, 2.45) is 0 Å². The van der Waals surface area contributed by atoms with Crippen LogP contribution in [0.25, 0.3) is 0 Å². The van der Waals surface area contributed by atoms with Gasteiger partial charge in [-0.15, -0.1) is 11.3 Å². The highest BCUT2D eigenvalue weighted by Crippen LogP contribution is 2.41. The van der Waals surface area contributed by atoms with E-state index in [1.165, 1.54) is 12.0 Å². The summed E-state index contributed by atoms with van der Waals surface area (Å²) in [6.07, 6.45) is 6.14. The van der Waals surface area contributed by atoms with Crippen molar-refractivity contribution in [3.63, 3.8) is 0 Å². The lowest BCUT2D eigenvalue weighted by Crippen LogP contribution is -2.39. The Balaban J connectivity index is 1.90. The molecule has 2 aromatic rings. The van der Waals surface area contributed by atoms with E-state index in [4.69, 9.17) is 0 Å². The summed E-state index contributed by atoms with van der Waals surface area (Å²) in [5.41, 5.74) is 0.959. The molecule has 0 atom stereocenters. The van der Waals surface area contributed by atoms with Gasteiger partial charge in [0.15, 0.2) is 0 Å². The Morgan fingerprint density at radius 1 is 1.05 bits per heavy atom. The monoisotopic (exact) mass is 362 g/mol. The highest BCUT2D eigenvalue weighted by molar-refractivity contribution is 9.11. The molecule has 0 radical (unpaired) electrons. The quantitative estimate of drug-likeness (QED) is 0.699. The summed E-state index contributed by atoms with van der Waals surface area (Å²) >= 11 is 5.15. The molecule has 0 unspecified atom stereocenters. The van der Waals surface area contributed by atoms with Crippen molar-refractivity contribution in [1.29, 1.82) is 0 Å². The summed E-state index contributed by atoms with van der Waals surface area (Å²) in [6, 6.07) is 14.5. The maximum Gasteiger partial charge on any atom is 0.148 e. The van der Waals surface area contributed by atoms with Crippen molar-refractivity contribution in [3.8, 4) is 0 Å². The van der Waals surface area contributed by atoms with Crippen LogP contribution in [0.2, 0.25) is 0 Å². The summed E-state index contributed by atoms with van der Waals surface area (Å²) < 4.78 is 1.10. The van der Waals surface area contributed by atoms with Crippen molar-refractivity contribution in [1.82, 2.24) is 0 Å². The second kappa shape index (κ2) is 6.45. The summed E-state index contributed by atoms with van der Waals surface area (Å²) in [5, 5.41) is 0. The molecule has 0 saturated heterocycles. The van der Waals surface area contributed by atoms with Crippen LogP contribution in [0.1, 0.15) is 42.5 Å². The van der Waals surface area contributed by atoms with Gasteiger partial charge >= 0.3 is 0 Å². The molecule has 1 heterocycles. The average molecular weight is 363 g/mol. The third-order valence-electron chi connectivity index (χ3n) is 4.53. The van der Waals surface area contributed by atoms with E-state index in [9.17, 15) is 4.79 Å². The number of rotatable bonds is 4. The molecular formula is C18H19BrOS. The van der Waals surface area contributed by atoms with Crippen LogP contribution in [0.5, 0.6) is 0 Å². The molecule has 1 aliphatic carbocycles. The van der Waals surface area contributed by atoms with E-state index in [-0.39, 0.29) is 5.41 Å². The van der Waals surface area contributed by atoms with E-state index in [1.54, 1.807) is 11.3 Å². The molecule has 0 spiro atoms. The van der Waals surface area contributed by atoms with Gasteiger partial charge in [0.25, 0.3) is 0 Å². The third-order valence-corrected chi connectivity index (χ3v) is 6.15. The van der Waals surface area contributed by atoms with Gasteiger partial charge in [-0.1, -0.05) is 49.6 Å². The fourth-order valence-corrected chi connectivity index (χ4v) is 4.90. The number of benzene rings is 1. The molecule has 3 rings (SSSR count). The lowest BCUT2D eigenvalue weighted by Gasteiger charge is -2.36. The Labute approximate surface area is 138 Å². The molecule has 1 aliphatic rings. The predicted octanol–water partition coefficient (Wildman–Crippen LogP) is 5.52. The van der Waals surface area contributed by atoms with Gasteiger partial charge in [-0.2, -0.15) is 0 Å². The number of thiophene rings is 1. The van der Waals surface area contributed by atoms with Crippen LogP contribution in [-0.2, 0) is 16.6 Å². The van der Waals surface area contributed by atoms with Gasteiger partial charge in [0, 0.05) is 11.3 Å². The summed E-state index contributed by atoms with van der Waals surface area (Å²) in [6.45, 7) is 0. The molecule has 0 N–H and O–H groups in total. The van der Waals surface area contributed by atoms with Gasteiger partial charge in [-0.25, -0.2) is 0 Å². The first-order valence-corrected chi connectivity index (χ1v) is 9.15. The smallest absolute Gasteiger partial charge is 0.148 e. The van der Waals surface area contributed by atoms with Gasteiger partial charge in [0.05, 0.1) is 9.20 Å². The van der Waals surface area contributed by atoms with Crippen LogP contribution in [0.15, 0.2) is 46.3 Å². The van der Waals surface area contributed by atoms with E-state index in [2.05, 4.69) is 46.3 Å². The first-order chi connectivity index (χ1) is 10.2. The molecule has 0 bridgehead atoms. The molecule has 110 valence electrons. The number of hydrogen-bond acceptors (Lipinski definition) is 2. The van der Waals surface area contributed by atoms with Crippen molar-refractivity contribution < 1.29 is 4.79 Å². The maximum absolute atomic E-state index is 13.1. The van der Waals surface area contributed by atoms with Crippen molar-refractivity contribution in [2.45, 2.75) is 43.9 Å². The van der Waals surface area contributed by atoms with Crippen LogP contribution in [0, 0.1) is 0 Å². The lowest BCUT2D eigenvalue weighted by molar-refractivity contribution is -0.125. The molecule has 1 fully saturated rings. The molecular weight excluding hydrogens is 344 g/mol. The van der Waals surface area contributed by atoms with E-state index >= 15 is 0 Å². The molecule has 1 nitrogen and oxygen atoms in total. The first kappa shape index (κ1) is 15.0. The lowest BCUT2D eigenvalue weighted by atomic mass is 9.66. The third kappa shape index (κ3) is 3.14. The van der Waals surface area contributed by atoms with E-state index < -0.39 is 0 Å². The minimum absolute atomic E-state index is 0.254. The van der Waals surface area contributed by atoms with Gasteiger partial charge in [-0.05, 0) is 46.5 Å². The number of halogens is 1. The van der Waals surface area contributed by atoms with Crippen molar-refractivity contribution in [3.05, 3.63) is 56.7 Å². The number of ketones is 1. The second-order valence-electron chi connectivity index (χ2n) is 5.81. The zero-order valence-electron chi connectivity index (χ0n) is 12.0. The predicted molar refractivity (Wildman–Crippen MR) is 91.9 cm³/mol. The van der Waals surface area contributed by atoms with E-state index in [0.29, 0.717) is 12.2 Å². The molecule has 1 aromatic heterocycles. The molecule has 1 saturated carbocycles. The Hall–Kier alpha value is -0.930. The number of carbonyl (C=O) groups excluding carboxylic acids is 1. The Kier molecular flexibility index (Phi) is 4.60. The fraction of sp³-hybridized carbons (Fsp3) is 0.389. The van der Waals surface area contributed by atoms with Gasteiger partial charge in [-0.3, -0.25) is 4.79 Å². The maximum atomic E-state index is 13.1. The van der Waals surface area contributed by atoms with Gasteiger partial charge in [0.1, 0.15) is 5.78 Å². The minimum atomic E-state index is -0.254. The number of Topliss-reactive ketones (excluding diaryl/α,β-unsaturated/α-hetero) is 1. The summed E-state index contributed by atoms with van der Waals surface area (Å²) in [7, 11) is 0. The van der Waals surface area contributed by atoms with Gasteiger partial charge in [0.2, 0.25) is 0 Å². The zero-order chi connectivity index (χ0) is 14.7. The Morgan fingerprint density at radius 3 is 2.38 bits per heavy atom. The van der Waals surface area contributed by atoms with Crippen LogP contribution >= 0.6 is 27.3 Å². The van der Waals surface area contributed by atoms with Crippen LogP contribution in [0.3, 0.4) is 0 Å². The van der Waals surface area contributed by atoms with E-state index in [1.807, 2.05) is 12.1 Å². The molecule has 0 aliphatic heterocycles. The average Bonchev–Trinajstić information content (AvgIpc) is 2.94. The minimum Gasteiger partial charge on any atom is -0.298 e. The normalized spacial score (nSPS) is 17.6.